The van der Waals surface area contributed by atoms with Crippen LogP contribution in [0.5, 0.6) is 0 Å². The van der Waals surface area contributed by atoms with Gasteiger partial charge in [0.25, 0.3) is 0 Å². The number of esters is 2. The van der Waals surface area contributed by atoms with Crippen LogP contribution in [0, 0.1) is 11.2 Å². The molecule has 1 aromatic heterocycles. The fourth-order valence-corrected chi connectivity index (χ4v) is 3.93. The molecule has 0 amide bonds. The van der Waals surface area contributed by atoms with Crippen molar-refractivity contribution in [1.82, 2.24) is 4.57 Å². The molecular formula is C23H26FN2O9-. The first-order chi connectivity index (χ1) is 16.7. The third-order valence-electron chi connectivity index (χ3n) is 5.59. The molecule has 2 heterocycles. The highest BCUT2D eigenvalue weighted by Gasteiger charge is 2.63. The molecule has 1 saturated heterocycles. The molecule has 3 rings (SSSR count). The van der Waals surface area contributed by atoms with Crippen molar-refractivity contribution in [2.75, 3.05) is 31.4 Å². The Morgan fingerprint density at radius 1 is 1.11 bits per heavy atom. The van der Waals surface area contributed by atoms with E-state index in [2.05, 4.69) is 0 Å². The summed E-state index contributed by atoms with van der Waals surface area (Å²) >= 11 is 0. The second-order valence-corrected chi connectivity index (χ2v) is 7.61. The van der Waals surface area contributed by atoms with Crippen molar-refractivity contribution in [3.05, 3.63) is 39.9 Å². The predicted octanol–water partition coefficient (Wildman–Crippen LogP) is 0.751. The third-order valence-corrected chi connectivity index (χ3v) is 5.59. The van der Waals surface area contributed by atoms with E-state index in [1.54, 1.807) is 27.7 Å². The molecule has 12 heteroatoms. The van der Waals surface area contributed by atoms with Gasteiger partial charge in [0.2, 0.25) is 11.7 Å². The molecule has 190 valence electrons. The van der Waals surface area contributed by atoms with Gasteiger partial charge in [0, 0.05) is 24.7 Å². The van der Waals surface area contributed by atoms with E-state index in [-0.39, 0.29) is 43.0 Å². The maximum absolute atomic E-state index is 15.3. The van der Waals surface area contributed by atoms with Crippen molar-refractivity contribution >= 4 is 34.5 Å². The number of carbonyl (C=O) groups excluding carboxylic acids is 3. The molecule has 1 aromatic carbocycles. The fourth-order valence-electron chi connectivity index (χ4n) is 3.93. The summed E-state index contributed by atoms with van der Waals surface area (Å²) in [5.41, 5.74) is -3.58. The summed E-state index contributed by atoms with van der Waals surface area (Å²) < 4.78 is 32.5. The molecule has 1 unspecified atom stereocenters. The van der Waals surface area contributed by atoms with Crippen LogP contribution in [0.15, 0.2) is 23.1 Å². The zero-order valence-electron chi connectivity index (χ0n) is 19.8. The van der Waals surface area contributed by atoms with E-state index in [4.69, 9.17) is 19.0 Å². The number of hydrogen-bond donors (Lipinski definition) is 0. The summed E-state index contributed by atoms with van der Waals surface area (Å²) in [6.45, 7) is 6.20. The average molecular weight is 493 g/mol. The van der Waals surface area contributed by atoms with Crippen LogP contribution < -0.4 is 15.6 Å². The Bertz CT molecular complexity index is 1190. The van der Waals surface area contributed by atoms with Crippen molar-refractivity contribution in [2.45, 2.75) is 40.5 Å². The van der Waals surface area contributed by atoms with Crippen LogP contribution in [0.2, 0.25) is 0 Å². The lowest BCUT2D eigenvalue weighted by Crippen LogP contribution is -2.51. The van der Waals surface area contributed by atoms with Crippen LogP contribution in [0.25, 0.3) is 10.9 Å². The molecule has 1 aliphatic rings. The maximum atomic E-state index is 15.3. The van der Waals surface area contributed by atoms with Gasteiger partial charge in [-0.3, -0.25) is 14.4 Å². The summed E-state index contributed by atoms with van der Waals surface area (Å²) in [5, 5.41) is 12.1. The number of hydrogen-bond acceptors (Lipinski definition) is 10. The van der Waals surface area contributed by atoms with Gasteiger partial charge in [-0.25, -0.2) is 14.3 Å². The van der Waals surface area contributed by atoms with Crippen LogP contribution in [0.4, 0.5) is 10.1 Å². The standard InChI is InChI=1S/C23H27FN2O9/c1-5-25-11-14(19(28)29)18(27)13-9-15(24)17(10-16(13)25)26-12-23(20(30)32-6-2,21(31)33-7-3)22(35-26)34-8-4/h9-11,22H,5-8,12H2,1-4H3,(H,28,29)/p-1. The fraction of sp³-hybridized carbons (Fsp3) is 0.478. The number of carboxylic acids is 1. The number of aromatic nitrogens is 1. The molecule has 0 spiro atoms. The van der Waals surface area contributed by atoms with E-state index in [9.17, 15) is 24.3 Å². The number of halogens is 1. The quantitative estimate of drug-likeness (QED) is 0.364. The number of carboxylic acid groups (broad SMARTS) is 1. The van der Waals surface area contributed by atoms with Gasteiger partial charge in [-0.05, 0) is 39.8 Å². The van der Waals surface area contributed by atoms with Gasteiger partial charge >= 0.3 is 11.9 Å². The number of aromatic carboxylic acids is 1. The summed E-state index contributed by atoms with van der Waals surface area (Å²) in [7, 11) is 0. The molecule has 2 aromatic rings. The number of aryl methyl sites for hydroxylation is 1. The van der Waals surface area contributed by atoms with E-state index < -0.39 is 53.0 Å². The summed E-state index contributed by atoms with van der Waals surface area (Å²) in [6, 6.07) is 2.14. The van der Waals surface area contributed by atoms with Gasteiger partial charge in [-0.2, -0.15) is 0 Å². The Balaban J connectivity index is 2.18. The molecule has 0 N–H and O–H groups in total. The van der Waals surface area contributed by atoms with Gasteiger partial charge < -0.3 is 28.7 Å². The van der Waals surface area contributed by atoms with Gasteiger partial charge in [-0.1, -0.05) is 0 Å². The van der Waals surface area contributed by atoms with Crippen molar-refractivity contribution in [3.8, 4) is 0 Å². The number of carbonyl (C=O) groups is 3. The zero-order valence-corrected chi connectivity index (χ0v) is 19.8. The molecule has 11 nitrogen and oxygen atoms in total. The highest BCUT2D eigenvalue weighted by Crippen LogP contribution is 2.41. The summed E-state index contributed by atoms with van der Waals surface area (Å²) in [6.07, 6.45) is -0.369. The van der Waals surface area contributed by atoms with Gasteiger partial charge in [0.15, 0.2) is 5.43 Å². The normalized spacial score (nSPS) is 16.9. The van der Waals surface area contributed by atoms with Crippen molar-refractivity contribution in [1.29, 1.82) is 0 Å². The molecule has 1 atom stereocenters. The minimum atomic E-state index is -2.06. The molecule has 0 radical (unpaired) electrons. The van der Waals surface area contributed by atoms with Gasteiger partial charge in [0.1, 0.15) is 11.5 Å². The highest BCUT2D eigenvalue weighted by atomic mass is 19.1. The second-order valence-electron chi connectivity index (χ2n) is 7.61. The number of fused-ring (bicyclic) bond motifs is 1. The van der Waals surface area contributed by atoms with Crippen molar-refractivity contribution in [2.24, 2.45) is 5.41 Å². The molecule has 0 saturated carbocycles. The Morgan fingerprint density at radius 2 is 1.74 bits per heavy atom. The van der Waals surface area contributed by atoms with Crippen molar-refractivity contribution < 1.29 is 42.9 Å². The zero-order chi connectivity index (χ0) is 25.9. The number of nitrogens with zero attached hydrogens (tertiary/aromatic N) is 2. The Kier molecular flexibility index (Phi) is 7.76. The number of pyridine rings is 1. The number of ether oxygens (including phenoxy) is 3. The topological polar surface area (TPSA) is 136 Å². The monoisotopic (exact) mass is 493 g/mol. The van der Waals surface area contributed by atoms with E-state index in [0.29, 0.717) is 0 Å². The number of hydroxylamine groups is 1. The predicted molar refractivity (Wildman–Crippen MR) is 118 cm³/mol. The Hall–Kier alpha value is -3.51. The molecule has 1 aliphatic heterocycles. The third kappa shape index (κ3) is 4.46. The summed E-state index contributed by atoms with van der Waals surface area (Å²) in [5.74, 6) is -4.54. The molecule has 35 heavy (non-hydrogen) atoms. The van der Waals surface area contributed by atoms with Crippen LogP contribution in [-0.4, -0.2) is 55.1 Å². The van der Waals surface area contributed by atoms with E-state index in [0.717, 1.165) is 17.3 Å². The van der Waals surface area contributed by atoms with Crippen LogP contribution in [0.1, 0.15) is 38.1 Å². The molecule has 0 bridgehead atoms. The van der Waals surface area contributed by atoms with E-state index >= 15 is 4.39 Å². The lowest BCUT2D eigenvalue weighted by Gasteiger charge is -2.26. The number of benzene rings is 1. The van der Waals surface area contributed by atoms with Gasteiger partial charge in [-0.15, -0.1) is 0 Å². The first kappa shape index (κ1) is 26.1. The maximum Gasteiger partial charge on any atom is 0.330 e. The lowest BCUT2D eigenvalue weighted by atomic mass is 9.87. The Labute approximate surface area is 199 Å². The lowest BCUT2D eigenvalue weighted by molar-refractivity contribution is -0.255. The first-order valence-electron chi connectivity index (χ1n) is 11.1. The first-order valence-corrected chi connectivity index (χ1v) is 11.1. The molecule has 0 aliphatic carbocycles. The molecular weight excluding hydrogens is 467 g/mol. The minimum Gasteiger partial charge on any atom is -0.545 e. The number of anilines is 1. The van der Waals surface area contributed by atoms with Crippen molar-refractivity contribution in [3.63, 3.8) is 0 Å². The van der Waals surface area contributed by atoms with Crippen LogP contribution in [0.3, 0.4) is 0 Å². The Morgan fingerprint density at radius 3 is 2.26 bits per heavy atom. The second kappa shape index (κ2) is 10.4. The summed E-state index contributed by atoms with van der Waals surface area (Å²) in [4.78, 5) is 55.6. The number of rotatable bonds is 9. The highest BCUT2D eigenvalue weighted by molar-refractivity contribution is 6.02. The minimum absolute atomic E-state index is 0.0350. The smallest absolute Gasteiger partial charge is 0.330 e. The SMILES string of the molecule is CCOC(=O)C1(C(=O)OCC)CN(c2cc3c(cc2F)c(=O)c(C(=O)[O-])cn3CC)OC1OCC. The van der Waals surface area contributed by atoms with Crippen LogP contribution in [-0.2, 0) is 35.2 Å². The largest absolute Gasteiger partial charge is 0.545 e. The van der Waals surface area contributed by atoms with E-state index in [1.165, 1.54) is 10.6 Å². The van der Waals surface area contributed by atoms with E-state index in [1.807, 2.05) is 0 Å². The average Bonchev–Trinajstić information content (AvgIpc) is 3.20. The van der Waals surface area contributed by atoms with Crippen LogP contribution >= 0.6 is 0 Å². The van der Waals surface area contributed by atoms with Gasteiger partial charge in [0.05, 0.1) is 36.8 Å². The molecule has 1 fully saturated rings.